The van der Waals surface area contributed by atoms with Crippen molar-refractivity contribution < 1.29 is 9.53 Å². The van der Waals surface area contributed by atoms with Gasteiger partial charge in [0.05, 0.1) is 0 Å². The van der Waals surface area contributed by atoms with E-state index >= 15 is 0 Å². The van der Waals surface area contributed by atoms with Crippen LogP contribution in [0.25, 0.3) is 0 Å². The van der Waals surface area contributed by atoms with Gasteiger partial charge in [-0.25, -0.2) is 4.79 Å². The minimum atomic E-state index is -0.443. The van der Waals surface area contributed by atoms with Crippen molar-refractivity contribution in [2.45, 2.75) is 38.8 Å². The Bertz CT molecular complexity index is 499. The minimum absolute atomic E-state index is 0.219. The lowest BCUT2D eigenvalue weighted by molar-refractivity contribution is 0.0195. The molecule has 1 aromatic carbocycles. The Labute approximate surface area is 135 Å². The number of piperazine rings is 1. The summed E-state index contributed by atoms with van der Waals surface area (Å²) in [6, 6.07) is 8.55. The van der Waals surface area contributed by atoms with Crippen LogP contribution in [0.3, 0.4) is 0 Å². The predicted octanol–water partition coefficient (Wildman–Crippen LogP) is 3.20. The van der Waals surface area contributed by atoms with Gasteiger partial charge in [0.1, 0.15) is 5.60 Å². The SMILES string of the molecule is CC(C)(C)OC(=O)N1CCN[C@@H](Cc2cccc(Br)c2)C1. The second kappa shape index (κ2) is 6.79. The topological polar surface area (TPSA) is 41.6 Å². The molecule has 0 saturated carbocycles. The summed E-state index contributed by atoms with van der Waals surface area (Å²) in [5.41, 5.74) is 0.815. The molecule has 0 spiro atoms. The molecule has 1 atom stereocenters. The highest BCUT2D eigenvalue weighted by molar-refractivity contribution is 9.10. The molecule has 21 heavy (non-hydrogen) atoms. The van der Waals surface area contributed by atoms with Crippen LogP contribution in [0, 0.1) is 0 Å². The normalized spacial score (nSPS) is 19.4. The van der Waals surface area contributed by atoms with E-state index in [2.05, 4.69) is 33.4 Å². The summed E-state index contributed by atoms with van der Waals surface area (Å²) in [7, 11) is 0. The molecule has 1 aliphatic rings. The van der Waals surface area contributed by atoms with Gasteiger partial charge in [0.25, 0.3) is 0 Å². The Morgan fingerprint density at radius 2 is 2.24 bits per heavy atom. The summed E-state index contributed by atoms with van der Waals surface area (Å²) in [5, 5.41) is 3.47. The molecule has 0 aliphatic carbocycles. The molecule has 2 rings (SSSR count). The molecular weight excluding hydrogens is 332 g/mol. The van der Waals surface area contributed by atoms with Crippen molar-refractivity contribution in [1.29, 1.82) is 0 Å². The highest BCUT2D eigenvalue weighted by atomic mass is 79.9. The number of carbonyl (C=O) groups is 1. The van der Waals surface area contributed by atoms with Crippen LogP contribution >= 0.6 is 15.9 Å². The van der Waals surface area contributed by atoms with Crippen LogP contribution < -0.4 is 5.32 Å². The number of ether oxygens (including phenoxy) is 1. The van der Waals surface area contributed by atoms with Crippen LogP contribution in [0.2, 0.25) is 0 Å². The summed E-state index contributed by atoms with van der Waals surface area (Å²) >= 11 is 3.49. The van der Waals surface area contributed by atoms with Crippen LogP contribution in [-0.4, -0.2) is 42.3 Å². The number of amides is 1. The summed E-state index contributed by atoms with van der Waals surface area (Å²) in [6.45, 7) is 7.87. The van der Waals surface area contributed by atoms with Gasteiger partial charge in [0.2, 0.25) is 0 Å². The van der Waals surface area contributed by atoms with Gasteiger partial charge in [0, 0.05) is 30.1 Å². The Balaban J connectivity index is 1.93. The van der Waals surface area contributed by atoms with E-state index in [1.165, 1.54) is 5.56 Å². The zero-order valence-electron chi connectivity index (χ0n) is 12.9. The van der Waals surface area contributed by atoms with Crippen LogP contribution in [0.5, 0.6) is 0 Å². The smallest absolute Gasteiger partial charge is 0.410 e. The second-order valence-electron chi connectivity index (χ2n) is 6.41. The fourth-order valence-corrected chi connectivity index (χ4v) is 2.85. The highest BCUT2D eigenvalue weighted by Gasteiger charge is 2.27. The van der Waals surface area contributed by atoms with Crippen LogP contribution in [0.4, 0.5) is 4.79 Å². The first-order chi connectivity index (χ1) is 9.83. The molecule has 1 aromatic rings. The van der Waals surface area contributed by atoms with E-state index in [1.807, 2.05) is 32.9 Å². The number of hydrogen-bond donors (Lipinski definition) is 1. The quantitative estimate of drug-likeness (QED) is 0.886. The molecule has 1 heterocycles. The third-order valence-electron chi connectivity index (χ3n) is 3.28. The van der Waals surface area contributed by atoms with Gasteiger partial charge in [-0.3, -0.25) is 0 Å². The van der Waals surface area contributed by atoms with Gasteiger partial charge in [0.15, 0.2) is 0 Å². The number of carbonyl (C=O) groups excluding carboxylic acids is 1. The van der Waals surface area contributed by atoms with Gasteiger partial charge < -0.3 is 15.0 Å². The first kappa shape index (κ1) is 16.3. The van der Waals surface area contributed by atoms with Crippen LogP contribution in [0.15, 0.2) is 28.7 Å². The lowest BCUT2D eigenvalue weighted by Gasteiger charge is -2.35. The average molecular weight is 355 g/mol. The molecule has 0 aromatic heterocycles. The molecule has 1 aliphatic heterocycles. The van der Waals surface area contributed by atoms with E-state index in [0.717, 1.165) is 17.4 Å². The van der Waals surface area contributed by atoms with Gasteiger partial charge >= 0.3 is 6.09 Å². The van der Waals surface area contributed by atoms with Crippen molar-refractivity contribution in [1.82, 2.24) is 10.2 Å². The van der Waals surface area contributed by atoms with Crippen molar-refractivity contribution in [2.24, 2.45) is 0 Å². The van der Waals surface area contributed by atoms with E-state index < -0.39 is 5.60 Å². The van der Waals surface area contributed by atoms with Crippen molar-refractivity contribution in [2.75, 3.05) is 19.6 Å². The monoisotopic (exact) mass is 354 g/mol. The summed E-state index contributed by atoms with van der Waals surface area (Å²) < 4.78 is 6.53. The van der Waals surface area contributed by atoms with Gasteiger partial charge in [-0.05, 0) is 44.9 Å². The summed E-state index contributed by atoms with van der Waals surface area (Å²) in [6.07, 6.45) is 0.682. The Morgan fingerprint density at radius 1 is 1.48 bits per heavy atom. The first-order valence-corrected chi connectivity index (χ1v) is 8.08. The van der Waals surface area contributed by atoms with E-state index in [1.54, 1.807) is 4.90 Å². The Kier molecular flexibility index (Phi) is 5.27. The molecule has 0 unspecified atom stereocenters. The number of nitrogens with zero attached hydrogens (tertiary/aromatic N) is 1. The summed E-state index contributed by atoms with van der Waals surface area (Å²) in [5.74, 6) is 0. The maximum absolute atomic E-state index is 12.1. The largest absolute Gasteiger partial charge is 0.444 e. The van der Waals surface area contributed by atoms with E-state index in [4.69, 9.17) is 4.74 Å². The van der Waals surface area contributed by atoms with Crippen LogP contribution in [-0.2, 0) is 11.2 Å². The van der Waals surface area contributed by atoms with E-state index in [-0.39, 0.29) is 12.1 Å². The zero-order chi connectivity index (χ0) is 15.5. The Morgan fingerprint density at radius 3 is 2.90 bits per heavy atom. The first-order valence-electron chi connectivity index (χ1n) is 7.29. The van der Waals surface area contributed by atoms with Gasteiger partial charge in [-0.2, -0.15) is 0 Å². The molecular formula is C16H23BrN2O2. The Hall–Kier alpha value is -1.07. The molecule has 0 radical (unpaired) electrons. The number of benzene rings is 1. The van der Waals surface area contributed by atoms with Crippen molar-refractivity contribution in [3.63, 3.8) is 0 Å². The molecule has 0 bridgehead atoms. The fourth-order valence-electron chi connectivity index (χ4n) is 2.40. The molecule has 1 amide bonds. The number of nitrogens with one attached hydrogen (secondary N) is 1. The van der Waals surface area contributed by atoms with E-state index in [0.29, 0.717) is 13.1 Å². The lowest BCUT2D eigenvalue weighted by Crippen LogP contribution is -2.54. The zero-order valence-corrected chi connectivity index (χ0v) is 14.4. The number of halogens is 1. The molecule has 5 heteroatoms. The van der Waals surface area contributed by atoms with Gasteiger partial charge in [-0.1, -0.05) is 28.1 Å². The maximum Gasteiger partial charge on any atom is 0.410 e. The maximum atomic E-state index is 12.1. The van der Waals surface area contributed by atoms with Crippen molar-refractivity contribution >= 4 is 22.0 Å². The van der Waals surface area contributed by atoms with Gasteiger partial charge in [-0.15, -0.1) is 0 Å². The minimum Gasteiger partial charge on any atom is -0.444 e. The number of rotatable bonds is 2. The average Bonchev–Trinajstić information content (AvgIpc) is 2.37. The predicted molar refractivity (Wildman–Crippen MR) is 87.4 cm³/mol. The second-order valence-corrected chi connectivity index (χ2v) is 7.33. The van der Waals surface area contributed by atoms with Crippen molar-refractivity contribution in [3.05, 3.63) is 34.3 Å². The fraction of sp³-hybridized carbons (Fsp3) is 0.562. The molecule has 1 saturated heterocycles. The molecule has 116 valence electrons. The molecule has 1 fully saturated rings. The third kappa shape index (κ3) is 5.32. The molecule has 4 nitrogen and oxygen atoms in total. The number of hydrogen-bond acceptors (Lipinski definition) is 3. The summed E-state index contributed by atoms with van der Waals surface area (Å²) in [4.78, 5) is 13.9. The highest BCUT2D eigenvalue weighted by Crippen LogP contribution is 2.16. The van der Waals surface area contributed by atoms with Crippen molar-refractivity contribution in [3.8, 4) is 0 Å². The van der Waals surface area contributed by atoms with E-state index in [9.17, 15) is 4.79 Å². The van der Waals surface area contributed by atoms with Crippen LogP contribution in [0.1, 0.15) is 26.3 Å². The lowest BCUT2D eigenvalue weighted by atomic mass is 10.0. The third-order valence-corrected chi connectivity index (χ3v) is 3.77. The molecule has 1 N–H and O–H groups in total. The standard InChI is InChI=1S/C16H23BrN2O2/c1-16(2,3)21-15(20)19-8-7-18-14(11-19)10-12-5-4-6-13(17)9-12/h4-6,9,14,18H,7-8,10-11H2,1-3H3/t14-/m0/s1.